The van der Waals surface area contributed by atoms with E-state index in [-0.39, 0.29) is 32.0 Å². The molecule has 0 aliphatic rings. The van der Waals surface area contributed by atoms with Crippen LogP contribution in [-0.4, -0.2) is 74.9 Å². The summed E-state index contributed by atoms with van der Waals surface area (Å²) in [6.07, 6.45) is 87.2. The predicted molar refractivity (Wildman–Crippen MR) is 348 cm³/mol. The molecule has 0 heterocycles. The van der Waals surface area contributed by atoms with E-state index in [1.807, 2.05) is 21.1 Å². The maximum absolute atomic E-state index is 12.8. The Hall–Kier alpha value is -3.59. The van der Waals surface area contributed by atoms with Crippen LogP contribution in [0.5, 0.6) is 0 Å². The largest absolute Gasteiger partial charge is 0.472 e. The van der Waals surface area contributed by atoms with Crippen LogP contribution in [0, 0.1) is 0 Å². The van der Waals surface area contributed by atoms with Gasteiger partial charge in [0.25, 0.3) is 0 Å². The van der Waals surface area contributed by atoms with Gasteiger partial charge in [-0.2, -0.15) is 0 Å². The monoisotopic (exact) mass is 1150 g/mol. The number of nitrogens with zero attached hydrogens (tertiary/aromatic N) is 1. The van der Waals surface area contributed by atoms with E-state index in [4.69, 9.17) is 18.5 Å². The van der Waals surface area contributed by atoms with Crippen LogP contribution < -0.4 is 0 Å². The first-order chi connectivity index (χ1) is 39.5. The number of unbranched alkanes of at least 4 members (excludes halogenated alkanes) is 25. The summed E-state index contributed by atoms with van der Waals surface area (Å²) >= 11 is 0. The molecule has 0 aromatic rings. The summed E-state index contributed by atoms with van der Waals surface area (Å²) in [5.41, 5.74) is 0. The summed E-state index contributed by atoms with van der Waals surface area (Å²) in [6, 6.07) is 0. The van der Waals surface area contributed by atoms with Gasteiger partial charge >= 0.3 is 19.8 Å². The van der Waals surface area contributed by atoms with Crippen molar-refractivity contribution in [1.82, 2.24) is 0 Å². The highest BCUT2D eigenvalue weighted by Gasteiger charge is 2.27. The van der Waals surface area contributed by atoms with Gasteiger partial charge in [-0.25, -0.2) is 4.57 Å². The summed E-state index contributed by atoms with van der Waals surface area (Å²) < 4.78 is 34.6. The molecule has 2 unspecified atom stereocenters. The fourth-order valence-electron chi connectivity index (χ4n) is 8.71. The average Bonchev–Trinajstić information content (AvgIpc) is 3.43. The third-order valence-electron chi connectivity index (χ3n) is 13.7. The lowest BCUT2D eigenvalue weighted by Crippen LogP contribution is -2.37. The first-order valence-corrected chi connectivity index (χ1v) is 34.3. The minimum Gasteiger partial charge on any atom is -0.462 e. The Balaban J connectivity index is 4.04. The quantitative estimate of drug-likeness (QED) is 0.0211. The summed E-state index contributed by atoms with van der Waals surface area (Å²) in [7, 11) is 1.47. The molecule has 0 saturated carbocycles. The van der Waals surface area contributed by atoms with E-state index in [0.29, 0.717) is 17.4 Å². The summed E-state index contributed by atoms with van der Waals surface area (Å²) in [6.45, 7) is 4.31. The highest BCUT2D eigenvalue weighted by molar-refractivity contribution is 7.47. The molecule has 0 radical (unpaired) electrons. The van der Waals surface area contributed by atoms with E-state index in [0.717, 1.165) is 116 Å². The third-order valence-corrected chi connectivity index (χ3v) is 14.7. The number of likely N-dealkylation sites (N-methyl/N-ethyl adjacent to an activating group) is 1. The highest BCUT2D eigenvalue weighted by Crippen LogP contribution is 2.43. The number of hydrogen-bond acceptors (Lipinski definition) is 7. The van der Waals surface area contributed by atoms with Gasteiger partial charge in [0.15, 0.2) is 6.10 Å². The van der Waals surface area contributed by atoms with E-state index in [1.165, 1.54) is 116 Å². The predicted octanol–water partition coefficient (Wildman–Crippen LogP) is 21.1. The third kappa shape index (κ3) is 65.4. The van der Waals surface area contributed by atoms with Crippen LogP contribution in [0.15, 0.2) is 122 Å². The van der Waals surface area contributed by atoms with Crippen LogP contribution in [0.2, 0.25) is 0 Å². The molecular weight excluding hydrogens is 1030 g/mol. The van der Waals surface area contributed by atoms with Crippen molar-refractivity contribution < 1.29 is 42.1 Å². The molecule has 0 bridgehead atoms. The van der Waals surface area contributed by atoms with Gasteiger partial charge in [-0.1, -0.05) is 264 Å². The minimum absolute atomic E-state index is 0.0264. The fraction of sp³-hybridized carbons (Fsp3) is 0.690. The van der Waals surface area contributed by atoms with Gasteiger partial charge < -0.3 is 18.9 Å². The van der Waals surface area contributed by atoms with E-state index in [9.17, 15) is 19.0 Å². The maximum atomic E-state index is 12.8. The molecule has 0 aliphatic heterocycles. The molecule has 0 amide bonds. The number of rotatable bonds is 59. The summed E-state index contributed by atoms with van der Waals surface area (Å²) in [5.74, 6) is -0.808. The first-order valence-electron chi connectivity index (χ1n) is 32.8. The van der Waals surface area contributed by atoms with Crippen LogP contribution in [0.1, 0.15) is 264 Å². The van der Waals surface area contributed by atoms with Crippen LogP contribution in [0.4, 0.5) is 0 Å². The van der Waals surface area contributed by atoms with Gasteiger partial charge in [-0.3, -0.25) is 18.6 Å². The Morgan fingerprint density at radius 1 is 0.395 bits per heavy atom. The van der Waals surface area contributed by atoms with Crippen molar-refractivity contribution in [1.29, 1.82) is 0 Å². The second kappa shape index (κ2) is 61.0. The molecule has 0 aromatic heterocycles. The molecule has 1 N–H and O–H groups in total. The van der Waals surface area contributed by atoms with Crippen LogP contribution in [-0.2, 0) is 32.7 Å². The fourth-order valence-corrected chi connectivity index (χ4v) is 9.45. The number of phosphoric ester groups is 1. The van der Waals surface area contributed by atoms with Gasteiger partial charge in [-0.15, -0.1) is 0 Å². The molecule has 0 fully saturated rings. The summed E-state index contributed by atoms with van der Waals surface area (Å²) in [4.78, 5) is 35.7. The second-order valence-corrected chi connectivity index (χ2v) is 24.2. The Morgan fingerprint density at radius 2 is 0.704 bits per heavy atom. The van der Waals surface area contributed by atoms with Crippen LogP contribution in [0.25, 0.3) is 0 Å². The number of phosphoric acid groups is 1. The topological polar surface area (TPSA) is 108 Å². The molecule has 10 heteroatoms. The summed E-state index contributed by atoms with van der Waals surface area (Å²) in [5, 5.41) is 0. The molecule has 0 aromatic carbocycles. The molecule has 0 spiro atoms. The first kappa shape index (κ1) is 77.4. The Bertz CT molecular complexity index is 1780. The van der Waals surface area contributed by atoms with E-state index >= 15 is 0 Å². The lowest BCUT2D eigenvalue weighted by molar-refractivity contribution is -0.870. The van der Waals surface area contributed by atoms with Crippen molar-refractivity contribution in [3.8, 4) is 0 Å². The maximum Gasteiger partial charge on any atom is 0.472 e. The molecule has 0 aliphatic carbocycles. The second-order valence-electron chi connectivity index (χ2n) is 22.8. The molecule has 81 heavy (non-hydrogen) atoms. The van der Waals surface area contributed by atoms with Gasteiger partial charge in [-0.05, 0) is 109 Å². The SMILES string of the molecule is CC/C=C\C/C=C\C/C=C\C/C=C\C/C=C\C/C=C\C/C=C\C/C=C\C/C=C\CCCCCCCCCCCCCCCC(=O)OC(COC(=O)CCCCCCC/C=C\CCCCCCCCC)COP(=O)(O)OCC[N+](C)(C)C. The molecule has 0 saturated heterocycles. The molecule has 464 valence electrons. The highest BCUT2D eigenvalue weighted by atomic mass is 31.2. The average molecular weight is 1150 g/mol. The number of hydrogen-bond donors (Lipinski definition) is 1. The number of allylic oxidation sites excluding steroid dienone is 20. The lowest BCUT2D eigenvalue weighted by Gasteiger charge is -2.24. The lowest BCUT2D eigenvalue weighted by atomic mass is 10.0. The number of carbonyl (C=O) groups excluding carboxylic acids is 2. The Kier molecular flexibility index (Phi) is 58.3. The van der Waals surface area contributed by atoms with Gasteiger partial charge in [0.05, 0.1) is 27.7 Å². The smallest absolute Gasteiger partial charge is 0.462 e. The van der Waals surface area contributed by atoms with Crippen molar-refractivity contribution in [3.05, 3.63) is 122 Å². The molecule has 2 atom stereocenters. The van der Waals surface area contributed by atoms with Crippen molar-refractivity contribution in [3.63, 3.8) is 0 Å². The molecule has 9 nitrogen and oxygen atoms in total. The van der Waals surface area contributed by atoms with Gasteiger partial charge in [0.2, 0.25) is 0 Å². The van der Waals surface area contributed by atoms with Crippen molar-refractivity contribution in [2.75, 3.05) is 47.5 Å². The van der Waals surface area contributed by atoms with Crippen molar-refractivity contribution in [2.24, 2.45) is 0 Å². The minimum atomic E-state index is -4.39. The van der Waals surface area contributed by atoms with E-state index < -0.39 is 26.5 Å². The van der Waals surface area contributed by atoms with Crippen LogP contribution in [0.3, 0.4) is 0 Å². The zero-order valence-electron chi connectivity index (χ0n) is 52.7. The number of quaternary nitrogens is 1. The normalized spacial score (nSPS) is 14.0. The molecular formula is C71H123NO8P+. The number of carbonyl (C=O) groups is 2. The van der Waals surface area contributed by atoms with Gasteiger partial charge in [0, 0.05) is 12.8 Å². The molecule has 0 rings (SSSR count). The standard InChI is InChI=1S/C71H122NO8P/c1-6-8-10-12-14-16-18-20-22-24-25-26-27-28-29-30-31-32-33-34-35-36-37-38-39-40-41-42-43-44-45-46-47-48-50-52-54-56-58-60-62-64-71(74)80-69(68-79-81(75,76)78-66-65-72(3,4)5)67-77-70(73)63-61-59-57-55-53-51-49-23-21-19-17-15-13-11-9-7-2/h8,10,14,16,20,22-23,25-26,28-29,31-32,34-35,37-38,40-41,49,69H,6-7,9,11-13,15,17-19,21,24,27,30,33,36,39,42-48,50-68H2,1-5H3/p+1/b10-8-,16-14-,22-20-,26-25-,29-28-,32-31-,35-34-,38-37-,41-40-,49-23-. The Labute approximate surface area is 498 Å². The van der Waals surface area contributed by atoms with Crippen molar-refractivity contribution >= 4 is 19.8 Å². The van der Waals surface area contributed by atoms with Crippen molar-refractivity contribution in [2.45, 2.75) is 270 Å². The zero-order valence-corrected chi connectivity index (χ0v) is 53.6. The van der Waals surface area contributed by atoms with E-state index in [2.05, 4.69) is 135 Å². The number of esters is 2. The number of ether oxygens (including phenoxy) is 2. The van der Waals surface area contributed by atoms with Gasteiger partial charge in [0.1, 0.15) is 19.8 Å². The zero-order chi connectivity index (χ0) is 59.1. The Morgan fingerprint density at radius 3 is 1.06 bits per heavy atom. The van der Waals surface area contributed by atoms with E-state index in [1.54, 1.807) is 0 Å². The van der Waals surface area contributed by atoms with Crippen LogP contribution >= 0.6 is 7.82 Å².